The normalized spacial score (nSPS) is 19.2. The molecule has 0 bridgehead atoms. The van der Waals surface area contributed by atoms with Gasteiger partial charge in [0.2, 0.25) is 10.0 Å². The summed E-state index contributed by atoms with van der Waals surface area (Å²) < 4.78 is 25.6. The van der Waals surface area contributed by atoms with Gasteiger partial charge in [0, 0.05) is 24.7 Å². The van der Waals surface area contributed by atoms with Crippen LogP contribution in [0.25, 0.3) is 0 Å². The highest BCUT2D eigenvalue weighted by molar-refractivity contribution is 7.89. The van der Waals surface area contributed by atoms with Crippen molar-refractivity contribution in [3.8, 4) is 0 Å². The molecule has 2 rings (SSSR count). The number of carbonyl (C=O) groups is 1. The fourth-order valence-corrected chi connectivity index (χ4v) is 3.47. The molecule has 128 valence electrons. The van der Waals surface area contributed by atoms with E-state index in [0.717, 1.165) is 19.5 Å². The van der Waals surface area contributed by atoms with Crippen molar-refractivity contribution in [2.75, 3.05) is 26.7 Å². The highest BCUT2D eigenvalue weighted by Gasteiger charge is 2.24. The summed E-state index contributed by atoms with van der Waals surface area (Å²) >= 11 is 0. The van der Waals surface area contributed by atoms with Crippen molar-refractivity contribution < 1.29 is 13.2 Å². The van der Waals surface area contributed by atoms with Gasteiger partial charge in [-0.1, -0.05) is 0 Å². The molecule has 0 spiro atoms. The Morgan fingerprint density at radius 2 is 1.96 bits per heavy atom. The lowest BCUT2D eigenvalue weighted by molar-refractivity contribution is 0.0947. The predicted octanol–water partition coefficient (Wildman–Crippen LogP) is 1.05. The maximum absolute atomic E-state index is 12.2. The summed E-state index contributed by atoms with van der Waals surface area (Å²) in [5, 5.41) is 2.94. The number of nitrogens with one attached hydrogen (secondary N) is 2. The van der Waals surface area contributed by atoms with Crippen LogP contribution in [0.1, 0.15) is 30.6 Å². The van der Waals surface area contributed by atoms with Gasteiger partial charge in [0.25, 0.3) is 5.91 Å². The van der Waals surface area contributed by atoms with Crippen LogP contribution in [0.4, 0.5) is 0 Å². The van der Waals surface area contributed by atoms with Crippen LogP contribution < -0.4 is 10.0 Å². The molecule has 0 aliphatic carbocycles. The van der Waals surface area contributed by atoms with Gasteiger partial charge in [0.15, 0.2) is 0 Å². The van der Waals surface area contributed by atoms with Crippen LogP contribution in [0.5, 0.6) is 0 Å². The van der Waals surface area contributed by atoms with Crippen LogP contribution >= 0.6 is 0 Å². The van der Waals surface area contributed by atoms with Gasteiger partial charge in [-0.05, 0) is 64.0 Å². The van der Waals surface area contributed by atoms with Crippen molar-refractivity contribution in [2.45, 2.75) is 31.2 Å². The summed E-state index contributed by atoms with van der Waals surface area (Å²) in [5.41, 5.74) is 0.471. The summed E-state index contributed by atoms with van der Waals surface area (Å²) in [6.07, 6.45) is 1.10. The van der Waals surface area contributed by atoms with Crippen molar-refractivity contribution in [2.24, 2.45) is 5.92 Å². The first-order valence-corrected chi connectivity index (χ1v) is 9.37. The quantitative estimate of drug-likeness (QED) is 0.812. The van der Waals surface area contributed by atoms with E-state index in [-0.39, 0.29) is 10.8 Å². The van der Waals surface area contributed by atoms with E-state index in [0.29, 0.717) is 24.1 Å². The molecule has 0 aromatic heterocycles. The molecule has 1 fully saturated rings. The smallest absolute Gasteiger partial charge is 0.251 e. The monoisotopic (exact) mass is 339 g/mol. The van der Waals surface area contributed by atoms with E-state index in [1.165, 1.54) is 31.3 Å². The first-order valence-electron chi connectivity index (χ1n) is 7.89. The van der Waals surface area contributed by atoms with E-state index in [1.54, 1.807) is 0 Å². The largest absolute Gasteiger partial charge is 0.352 e. The number of hydrogen-bond donors (Lipinski definition) is 2. The van der Waals surface area contributed by atoms with Crippen LogP contribution in [0, 0.1) is 5.92 Å². The van der Waals surface area contributed by atoms with E-state index in [1.807, 2.05) is 0 Å². The van der Waals surface area contributed by atoms with Crippen molar-refractivity contribution in [3.05, 3.63) is 29.8 Å². The van der Waals surface area contributed by atoms with Gasteiger partial charge in [-0.3, -0.25) is 4.79 Å². The number of nitrogens with zero attached hydrogens (tertiary/aromatic N) is 1. The summed E-state index contributed by atoms with van der Waals surface area (Å²) in [5.74, 6) is 0.312. The molecule has 1 aliphatic rings. The van der Waals surface area contributed by atoms with Crippen molar-refractivity contribution in [1.29, 1.82) is 0 Å². The Morgan fingerprint density at radius 1 is 1.30 bits per heavy atom. The number of sulfonamides is 1. The third-order valence-corrected chi connectivity index (χ3v) is 5.72. The maximum Gasteiger partial charge on any atom is 0.251 e. The Morgan fingerprint density at radius 3 is 2.48 bits per heavy atom. The van der Waals surface area contributed by atoms with E-state index < -0.39 is 10.0 Å². The molecule has 0 saturated carbocycles. The van der Waals surface area contributed by atoms with Gasteiger partial charge in [0.05, 0.1) is 4.90 Å². The van der Waals surface area contributed by atoms with Crippen molar-refractivity contribution in [1.82, 2.24) is 14.9 Å². The molecular formula is C16H25N3O3S. The molecule has 1 aliphatic heterocycles. The number of hydrogen-bond acceptors (Lipinski definition) is 4. The number of benzene rings is 1. The van der Waals surface area contributed by atoms with Crippen LogP contribution in [0.2, 0.25) is 0 Å². The molecule has 7 heteroatoms. The maximum atomic E-state index is 12.2. The SMILES string of the molecule is CNS(=O)(=O)c1ccc(C(=O)NC[C@@H]2CCN(C(C)C)C2)cc1. The highest BCUT2D eigenvalue weighted by atomic mass is 32.2. The van der Waals surface area contributed by atoms with Crippen molar-refractivity contribution >= 4 is 15.9 Å². The zero-order valence-electron chi connectivity index (χ0n) is 13.9. The van der Waals surface area contributed by atoms with Gasteiger partial charge in [-0.25, -0.2) is 13.1 Å². The molecule has 1 saturated heterocycles. The Balaban J connectivity index is 1.89. The first kappa shape index (κ1) is 17.9. The van der Waals surface area contributed by atoms with Gasteiger partial charge >= 0.3 is 0 Å². The third-order valence-electron chi connectivity index (χ3n) is 4.29. The van der Waals surface area contributed by atoms with E-state index >= 15 is 0 Å². The number of amides is 1. The predicted molar refractivity (Wildman–Crippen MR) is 89.8 cm³/mol. The summed E-state index contributed by atoms with van der Waals surface area (Å²) in [4.78, 5) is 14.7. The molecule has 1 amide bonds. The second kappa shape index (κ2) is 7.42. The molecular weight excluding hydrogens is 314 g/mol. The molecule has 6 nitrogen and oxygen atoms in total. The average Bonchev–Trinajstić information content (AvgIpc) is 3.02. The minimum atomic E-state index is -3.47. The molecule has 23 heavy (non-hydrogen) atoms. The van der Waals surface area contributed by atoms with Crippen LogP contribution in [-0.2, 0) is 10.0 Å². The Hall–Kier alpha value is -1.44. The van der Waals surface area contributed by atoms with Crippen LogP contribution in [-0.4, -0.2) is 51.9 Å². The minimum absolute atomic E-state index is 0.153. The number of likely N-dealkylation sites (tertiary alicyclic amines) is 1. The Labute approximate surface area is 138 Å². The zero-order valence-corrected chi connectivity index (χ0v) is 14.7. The molecule has 1 aromatic carbocycles. The minimum Gasteiger partial charge on any atom is -0.352 e. The van der Waals surface area contributed by atoms with Gasteiger partial charge in [-0.15, -0.1) is 0 Å². The lowest BCUT2D eigenvalue weighted by Gasteiger charge is -2.20. The molecule has 1 heterocycles. The fourth-order valence-electron chi connectivity index (χ4n) is 2.74. The van der Waals surface area contributed by atoms with Crippen LogP contribution in [0.3, 0.4) is 0 Å². The van der Waals surface area contributed by atoms with Crippen LogP contribution in [0.15, 0.2) is 29.2 Å². The standard InChI is InChI=1S/C16H25N3O3S/c1-12(2)19-9-8-13(11-19)10-18-16(20)14-4-6-15(7-5-14)23(21,22)17-3/h4-7,12-13,17H,8-11H2,1-3H3,(H,18,20)/t13-/m0/s1. The van der Waals surface area contributed by atoms with Crippen molar-refractivity contribution in [3.63, 3.8) is 0 Å². The van der Waals surface area contributed by atoms with E-state index in [4.69, 9.17) is 0 Å². The van der Waals surface area contributed by atoms with E-state index in [2.05, 4.69) is 28.8 Å². The molecule has 1 aromatic rings. The zero-order chi connectivity index (χ0) is 17.0. The Bertz CT molecular complexity index is 641. The number of rotatable bonds is 6. The topological polar surface area (TPSA) is 78.5 Å². The fraction of sp³-hybridized carbons (Fsp3) is 0.562. The average molecular weight is 339 g/mol. The summed E-state index contributed by atoms with van der Waals surface area (Å²) in [6.45, 7) is 7.11. The summed E-state index contributed by atoms with van der Waals surface area (Å²) in [6, 6.07) is 6.49. The molecule has 0 unspecified atom stereocenters. The van der Waals surface area contributed by atoms with Gasteiger partial charge in [-0.2, -0.15) is 0 Å². The van der Waals surface area contributed by atoms with Gasteiger partial charge < -0.3 is 10.2 Å². The van der Waals surface area contributed by atoms with E-state index in [9.17, 15) is 13.2 Å². The second-order valence-corrected chi connectivity index (χ2v) is 8.07. The molecule has 2 N–H and O–H groups in total. The molecule has 0 radical (unpaired) electrons. The third kappa shape index (κ3) is 4.53. The second-order valence-electron chi connectivity index (χ2n) is 6.19. The highest BCUT2D eigenvalue weighted by Crippen LogP contribution is 2.18. The lowest BCUT2D eigenvalue weighted by atomic mass is 10.1. The van der Waals surface area contributed by atoms with Gasteiger partial charge in [0.1, 0.15) is 0 Å². The first-order chi connectivity index (χ1) is 10.8. The number of carbonyl (C=O) groups excluding carboxylic acids is 1. The summed E-state index contributed by atoms with van der Waals surface area (Å²) in [7, 11) is -2.11. The molecule has 1 atom stereocenters. The lowest BCUT2D eigenvalue weighted by Crippen LogP contribution is -2.33. The Kier molecular flexibility index (Phi) is 5.78.